The standard InChI is InChI=1S/C19H21N3O2/c1-11(2)22-18-7-5-14(12(3)20-23)9-16(18)17-10-15(13(4)21-24)6-8-19(17)22/h5-11,23-24H,1-4H3/b20-12+,21-13+. The summed E-state index contributed by atoms with van der Waals surface area (Å²) in [6.45, 7) is 7.86. The smallest absolute Gasteiger partial charge is 0.0837 e. The van der Waals surface area contributed by atoms with E-state index in [9.17, 15) is 0 Å². The van der Waals surface area contributed by atoms with Gasteiger partial charge in [0.2, 0.25) is 0 Å². The Morgan fingerprint density at radius 2 is 1.25 bits per heavy atom. The molecule has 0 radical (unpaired) electrons. The van der Waals surface area contributed by atoms with Crippen LogP contribution >= 0.6 is 0 Å². The minimum Gasteiger partial charge on any atom is -0.411 e. The van der Waals surface area contributed by atoms with Gasteiger partial charge in [0.05, 0.1) is 11.4 Å². The van der Waals surface area contributed by atoms with Crippen LogP contribution in [-0.4, -0.2) is 26.4 Å². The fourth-order valence-corrected chi connectivity index (χ4v) is 3.18. The van der Waals surface area contributed by atoms with E-state index in [-0.39, 0.29) is 0 Å². The molecule has 0 amide bonds. The van der Waals surface area contributed by atoms with Crippen molar-refractivity contribution in [2.24, 2.45) is 10.3 Å². The van der Waals surface area contributed by atoms with E-state index in [0.29, 0.717) is 17.5 Å². The van der Waals surface area contributed by atoms with Gasteiger partial charge in [-0.1, -0.05) is 22.4 Å². The summed E-state index contributed by atoms with van der Waals surface area (Å²) < 4.78 is 2.29. The van der Waals surface area contributed by atoms with E-state index in [1.807, 2.05) is 24.3 Å². The van der Waals surface area contributed by atoms with Gasteiger partial charge in [-0.05, 0) is 63.1 Å². The molecule has 2 aromatic carbocycles. The second kappa shape index (κ2) is 6.00. The molecule has 3 aromatic rings. The topological polar surface area (TPSA) is 70.1 Å². The predicted molar refractivity (Wildman–Crippen MR) is 97.8 cm³/mol. The Labute approximate surface area is 140 Å². The molecule has 1 aromatic heterocycles. The van der Waals surface area contributed by atoms with Crippen molar-refractivity contribution in [2.75, 3.05) is 0 Å². The fraction of sp³-hybridized carbons (Fsp3) is 0.263. The van der Waals surface area contributed by atoms with Crippen LogP contribution < -0.4 is 0 Å². The fourth-order valence-electron chi connectivity index (χ4n) is 3.18. The first-order chi connectivity index (χ1) is 11.5. The Kier molecular flexibility index (Phi) is 4.01. The summed E-state index contributed by atoms with van der Waals surface area (Å²) in [5, 5.41) is 26.9. The highest BCUT2D eigenvalue weighted by Gasteiger charge is 2.15. The third kappa shape index (κ3) is 2.42. The minimum absolute atomic E-state index is 0.307. The highest BCUT2D eigenvalue weighted by molar-refractivity contribution is 6.13. The molecule has 0 aliphatic carbocycles. The largest absolute Gasteiger partial charge is 0.411 e. The molecule has 0 atom stereocenters. The van der Waals surface area contributed by atoms with E-state index < -0.39 is 0 Å². The highest BCUT2D eigenvalue weighted by Crippen LogP contribution is 2.33. The molecule has 0 saturated heterocycles. The lowest BCUT2D eigenvalue weighted by Gasteiger charge is -2.11. The lowest BCUT2D eigenvalue weighted by Crippen LogP contribution is -2.01. The van der Waals surface area contributed by atoms with Crippen LogP contribution in [0.1, 0.15) is 44.9 Å². The van der Waals surface area contributed by atoms with Gasteiger partial charge < -0.3 is 15.0 Å². The van der Waals surface area contributed by atoms with Crippen molar-refractivity contribution >= 4 is 33.2 Å². The van der Waals surface area contributed by atoms with Crippen LogP contribution in [0.4, 0.5) is 0 Å². The number of benzene rings is 2. The number of hydrogen-bond donors (Lipinski definition) is 2. The normalized spacial score (nSPS) is 13.4. The molecule has 0 bridgehead atoms. The number of hydrogen-bond acceptors (Lipinski definition) is 4. The average Bonchev–Trinajstić information content (AvgIpc) is 2.93. The van der Waals surface area contributed by atoms with E-state index >= 15 is 0 Å². The zero-order chi connectivity index (χ0) is 17.4. The van der Waals surface area contributed by atoms with Crippen molar-refractivity contribution in [2.45, 2.75) is 33.7 Å². The SMILES string of the molecule is C/C(=N\O)c1ccc2c(c1)c1cc(/C(C)=N/O)ccc1n2C(C)C. The zero-order valence-corrected chi connectivity index (χ0v) is 14.3. The summed E-state index contributed by atoms with van der Waals surface area (Å²) in [5.41, 5.74) is 5.17. The van der Waals surface area contributed by atoms with Crippen LogP contribution in [0.25, 0.3) is 21.8 Å². The van der Waals surface area contributed by atoms with Crippen LogP contribution in [0.3, 0.4) is 0 Å². The lowest BCUT2D eigenvalue weighted by atomic mass is 10.0. The van der Waals surface area contributed by atoms with E-state index in [0.717, 1.165) is 32.9 Å². The zero-order valence-electron chi connectivity index (χ0n) is 14.3. The Hall–Kier alpha value is -2.82. The first-order valence-corrected chi connectivity index (χ1v) is 7.93. The van der Waals surface area contributed by atoms with Crippen molar-refractivity contribution in [3.8, 4) is 0 Å². The van der Waals surface area contributed by atoms with Gasteiger partial charge in [0.1, 0.15) is 0 Å². The maximum Gasteiger partial charge on any atom is 0.0837 e. The molecule has 24 heavy (non-hydrogen) atoms. The Morgan fingerprint density at radius 3 is 1.58 bits per heavy atom. The molecular formula is C19H21N3O2. The van der Waals surface area contributed by atoms with Gasteiger partial charge in [-0.3, -0.25) is 0 Å². The molecule has 5 nitrogen and oxygen atoms in total. The summed E-state index contributed by atoms with van der Waals surface area (Å²) in [6.07, 6.45) is 0. The molecule has 2 N–H and O–H groups in total. The Balaban J connectivity index is 2.42. The number of fused-ring (bicyclic) bond motifs is 3. The quantitative estimate of drug-likeness (QED) is 0.414. The summed E-state index contributed by atoms with van der Waals surface area (Å²) >= 11 is 0. The molecule has 0 spiro atoms. The molecule has 1 heterocycles. The molecular weight excluding hydrogens is 302 g/mol. The van der Waals surface area contributed by atoms with Crippen LogP contribution in [0.5, 0.6) is 0 Å². The van der Waals surface area contributed by atoms with E-state index in [1.165, 1.54) is 0 Å². The molecule has 0 fully saturated rings. The van der Waals surface area contributed by atoms with Gasteiger partial charge in [0.25, 0.3) is 0 Å². The molecule has 0 aliphatic rings. The predicted octanol–water partition coefficient (Wildman–Crippen LogP) is 4.77. The Morgan fingerprint density at radius 1 is 0.833 bits per heavy atom. The van der Waals surface area contributed by atoms with Crippen molar-refractivity contribution in [3.05, 3.63) is 47.5 Å². The first kappa shape index (κ1) is 16.1. The van der Waals surface area contributed by atoms with Gasteiger partial charge in [0.15, 0.2) is 0 Å². The first-order valence-electron chi connectivity index (χ1n) is 7.93. The Bertz CT molecular complexity index is 906. The average molecular weight is 323 g/mol. The maximum atomic E-state index is 9.06. The maximum absolute atomic E-state index is 9.06. The summed E-state index contributed by atoms with van der Waals surface area (Å²) in [5.74, 6) is 0. The monoisotopic (exact) mass is 323 g/mol. The van der Waals surface area contributed by atoms with Crippen molar-refractivity contribution in [1.82, 2.24) is 4.57 Å². The molecule has 3 rings (SSSR count). The second-order valence-corrected chi connectivity index (χ2v) is 6.30. The van der Waals surface area contributed by atoms with Crippen LogP contribution in [-0.2, 0) is 0 Å². The van der Waals surface area contributed by atoms with Crippen LogP contribution in [0, 0.1) is 0 Å². The molecule has 0 saturated carbocycles. The third-order valence-electron chi connectivity index (χ3n) is 4.45. The lowest BCUT2D eigenvalue weighted by molar-refractivity contribution is 0.319. The van der Waals surface area contributed by atoms with Gasteiger partial charge in [-0.15, -0.1) is 0 Å². The molecule has 0 aliphatic heterocycles. The second-order valence-electron chi connectivity index (χ2n) is 6.30. The third-order valence-corrected chi connectivity index (χ3v) is 4.45. The van der Waals surface area contributed by atoms with Gasteiger partial charge in [0, 0.05) is 27.8 Å². The van der Waals surface area contributed by atoms with E-state index in [4.69, 9.17) is 10.4 Å². The summed E-state index contributed by atoms with van der Waals surface area (Å²) in [7, 11) is 0. The molecule has 0 unspecified atom stereocenters. The van der Waals surface area contributed by atoms with Gasteiger partial charge in [-0.2, -0.15) is 0 Å². The van der Waals surface area contributed by atoms with Crippen molar-refractivity contribution in [3.63, 3.8) is 0 Å². The van der Waals surface area contributed by atoms with Crippen molar-refractivity contribution < 1.29 is 10.4 Å². The van der Waals surface area contributed by atoms with E-state index in [2.05, 4.69) is 40.9 Å². The number of rotatable bonds is 3. The van der Waals surface area contributed by atoms with E-state index in [1.54, 1.807) is 13.8 Å². The molecule has 5 heteroatoms. The number of nitrogens with zero attached hydrogens (tertiary/aromatic N) is 3. The summed E-state index contributed by atoms with van der Waals surface area (Å²) in [6, 6.07) is 12.5. The summed E-state index contributed by atoms with van der Waals surface area (Å²) in [4.78, 5) is 0. The van der Waals surface area contributed by atoms with Crippen LogP contribution in [0.15, 0.2) is 46.7 Å². The van der Waals surface area contributed by atoms with Crippen LogP contribution in [0.2, 0.25) is 0 Å². The number of oxime groups is 2. The number of aromatic nitrogens is 1. The van der Waals surface area contributed by atoms with Gasteiger partial charge in [-0.25, -0.2) is 0 Å². The van der Waals surface area contributed by atoms with Gasteiger partial charge >= 0.3 is 0 Å². The molecule has 124 valence electrons. The minimum atomic E-state index is 0.307. The highest BCUT2D eigenvalue weighted by atomic mass is 16.4. The van der Waals surface area contributed by atoms with Crippen molar-refractivity contribution in [1.29, 1.82) is 0 Å².